The van der Waals surface area contributed by atoms with Crippen LogP contribution < -0.4 is 21.1 Å². The molecule has 1 saturated heterocycles. The van der Waals surface area contributed by atoms with Crippen LogP contribution in [0.25, 0.3) is 0 Å². The molecule has 44 heavy (non-hydrogen) atoms. The van der Waals surface area contributed by atoms with Gasteiger partial charge in [-0.15, -0.1) is 11.3 Å². The molecule has 1 aromatic heterocycles. The topological polar surface area (TPSA) is 138 Å². The fourth-order valence-corrected chi connectivity index (χ4v) is 6.03. The van der Waals surface area contributed by atoms with E-state index in [4.69, 9.17) is 15.9 Å². The minimum atomic E-state index is -0.709. The zero-order valence-corrected chi connectivity index (χ0v) is 24.8. The second-order valence-corrected chi connectivity index (χ2v) is 11.5. The molecule has 5 rings (SSSR count). The molecule has 1 fully saturated rings. The zero-order valence-electron chi connectivity index (χ0n) is 24.0. The summed E-state index contributed by atoms with van der Waals surface area (Å²) in [6, 6.07) is 20.9. The van der Waals surface area contributed by atoms with Crippen LogP contribution in [-0.4, -0.2) is 47.6 Å². The highest BCUT2D eigenvalue weighted by atomic mass is 32.1. The number of nitrogens with two attached hydrogens (primary N) is 1. The Labute approximate surface area is 258 Å². The van der Waals surface area contributed by atoms with E-state index >= 15 is 0 Å². The molecular weight excluding hydrogens is 581 g/mol. The number of ether oxygens (including phenoxy) is 1. The van der Waals surface area contributed by atoms with Crippen LogP contribution in [0.3, 0.4) is 0 Å². The lowest BCUT2D eigenvalue weighted by Crippen LogP contribution is -2.48. The molecule has 3 aromatic carbocycles. The van der Waals surface area contributed by atoms with E-state index in [0.29, 0.717) is 35.6 Å². The standard InChI is InChI=1S/C33H32FN5O4S/c1-20-4-2-3-5-28(20)22-15-29(33(42)37-16-27-14-23(19-44-27)31(35)36)39(18-22)30(40)17-38-32(41)21-6-10-25(11-7-21)43-26-12-8-24(34)9-13-26/h2-14,19,22,29H,15-18H2,1H3,(H3,35,36)(H,37,42)(H,38,41)/t22-,29-/m0/s1. The van der Waals surface area contributed by atoms with Crippen molar-refractivity contribution in [3.05, 3.63) is 117 Å². The molecule has 3 amide bonds. The smallest absolute Gasteiger partial charge is 0.251 e. The Morgan fingerprint density at radius 2 is 1.68 bits per heavy atom. The van der Waals surface area contributed by atoms with Gasteiger partial charge in [0.25, 0.3) is 5.91 Å². The number of carbonyl (C=O) groups is 3. The Morgan fingerprint density at radius 1 is 1.00 bits per heavy atom. The van der Waals surface area contributed by atoms with Crippen molar-refractivity contribution < 1.29 is 23.5 Å². The van der Waals surface area contributed by atoms with Crippen molar-refractivity contribution in [1.29, 1.82) is 5.41 Å². The van der Waals surface area contributed by atoms with Gasteiger partial charge >= 0.3 is 0 Å². The van der Waals surface area contributed by atoms with Crippen molar-refractivity contribution in [3.8, 4) is 11.5 Å². The molecular formula is C33H32FN5O4S. The minimum Gasteiger partial charge on any atom is -0.457 e. The summed E-state index contributed by atoms with van der Waals surface area (Å²) in [6.45, 7) is 2.33. The maximum absolute atomic E-state index is 13.4. The van der Waals surface area contributed by atoms with Gasteiger partial charge in [0.05, 0.1) is 13.1 Å². The van der Waals surface area contributed by atoms with Crippen molar-refractivity contribution in [2.75, 3.05) is 13.1 Å². The lowest BCUT2D eigenvalue weighted by atomic mass is 9.92. The number of nitrogen functional groups attached to an aromatic ring is 1. The number of halogens is 1. The summed E-state index contributed by atoms with van der Waals surface area (Å²) >= 11 is 1.39. The summed E-state index contributed by atoms with van der Waals surface area (Å²) in [5.74, 6) is -0.600. The number of amides is 3. The van der Waals surface area contributed by atoms with Gasteiger partial charge in [-0.25, -0.2) is 4.39 Å². The second kappa shape index (κ2) is 13.5. The number of thiophene rings is 1. The number of hydrogen-bond acceptors (Lipinski definition) is 6. The van der Waals surface area contributed by atoms with E-state index in [1.807, 2.05) is 31.2 Å². The molecule has 1 aliphatic heterocycles. The fourth-order valence-electron chi connectivity index (χ4n) is 5.21. The molecule has 0 spiro atoms. The van der Waals surface area contributed by atoms with Crippen LogP contribution in [0.5, 0.6) is 11.5 Å². The predicted octanol–water partition coefficient (Wildman–Crippen LogP) is 4.70. The van der Waals surface area contributed by atoms with Crippen LogP contribution in [0.4, 0.5) is 4.39 Å². The Balaban J connectivity index is 1.22. The number of carbonyl (C=O) groups excluding carboxylic acids is 3. The average molecular weight is 614 g/mol. The SMILES string of the molecule is Cc1ccccc1[C@H]1C[C@@H](C(=O)NCc2cc(C(=N)N)cs2)N(C(=O)CNC(=O)c2ccc(Oc3ccc(F)cc3)cc2)C1. The number of nitrogens with zero attached hydrogens (tertiary/aromatic N) is 1. The fraction of sp³-hybridized carbons (Fsp3) is 0.212. The first-order valence-corrected chi connectivity index (χ1v) is 14.9. The van der Waals surface area contributed by atoms with E-state index in [1.54, 1.807) is 40.6 Å². The molecule has 2 heterocycles. The lowest BCUT2D eigenvalue weighted by molar-refractivity contribution is -0.137. The van der Waals surface area contributed by atoms with E-state index < -0.39 is 11.9 Å². The van der Waals surface area contributed by atoms with Gasteiger partial charge in [0.2, 0.25) is 11.8 Å². The molecule has 0 saturated carbocycles. The van der Waals surface area contributed by atoms with E-state index in [-0.39, 0.29) is 42.5 Å². The maximum atomic E-state index is 13.4. The molecule has 0 aliphatic carbocycles. The monoisotopic (exact) mass is 613 g/mol. The number of rotatable bonds is 10. The molecule has 0 radical (unpaired) electrons. The van der Waals surface area contributed by atoms with Gasteiger partial charge in [-0.1, -0.05) is 24.3 Å². The molecule has 2 atom stereocenters. The molecule has 5 N–H and O–H groups in total. The van der Waals surface area contributed by atoms with Crippen LogP contribution >= 0.6 is 11.3 Å². The Hall–Kier alpha value is -5.03. The number of likely N-dealkylation sites (tertiary alicyclic amines) is 1. The van der Waals surface area contributed by atoms with Gasteiger partial charge < -0.3 is 26.0 Å². The highest BCUT2D eigenvalue weighted by Gasteiger charge is 2.40. The quantitative estimate of drug-likeness (QED) is 0.152. The Bertz CT molecular complexity index is 1670. The van der Waals surface area contributed by atoms with Crippen LogP contribution in [-0.2, 0) is 16.1 Å². The molecule has 11 heteroatoms. The summed E-state index contributed by atoms with van der Waals surface area (Å²) in [5.41, 5.74) is 8.65. The van der Waals surface area contributed by atoms with Crippen molar-refractivity contribution in [3.63, 3.8) is 0 Å². The van der Waals surface area contributed by atoms with Gasteiger partial charge in [-0.3, -0.25) is 19.8 Å². The molecule has 4 aromatic rings. The third kappa shape index (κ3) is 7.30. The van der Waals surface area contributed by atoms with Crippen molar-refractivity contribution in [2.45, 2.75) is 31.8 Å². The zero-order chi connectivity index (χ0) is 31.2. The second-order valence-electron chi connectivity index (χ2n) is 10.5. The molecule has 1 aliphatic rings. The van der Waals surface area contributed by atoms with Gasteiger partial charge in [0, 0.05) is 33.8 Å². The number of aryl methyl sites for hydroxylation is 1. The van der Waals surface area contributed by atoms with Crippen LogP contribution in [0.15, 0.2) is 84.2 Å². The highest BCUT2D eigenvalue weighted by molar-refractivity contribution is 7.10. The summed E-state index contributed by atoms with van der Waals surface area (Å²) in [5, 5.41) is 14.9. The predicted molar refractivity (Wildman–Crippen MR) is 166 cm³/mol. The number of hydrogen-bond donors (Lipinski definition) is 4. The van der Waals surface area contributed by atoms with E-state index in [2.05, 4.69) is 10.6 Å². The first-order chi connectivity index (χ1) is 21.2. The Kier molecular flexibility index (Phi) is 9.35. The van der Waals surface area contributed by atoms with Crippen molar-refractivity contribution in [1.82, 2.24) is 15.5 Å². The van der Waals surface area contributed by atoms with Crippen molar-refractivity contribution >= 4 is 34.9 Å². The van der Waals surface area contributed by atoms with Crippen molar-refractivity contribution in [2.24, 2.45) is 5.73 Å². The average Bonchev–Trinajstić information content (AvgIpc) is 3.69. The van der Waals surface area contributed by atoms with Gasteiger partial charge in [0.1, 0.15) is 29.2 Å². The third-order valence-electron chi connectivity index (χ3n) is 7.52. The maximum Gasteiger partial charge on any atom is 0.251 e. The summed E-state index contributed by atoms with van der Waals surface area (Å²) in [6.07, 6.45) is 0.453. The highest BCUT2D eigenvalue weighted by Crippen LogP contribution is 2.34. The number of nitrogens with one attached hydrogen (secondary N) is 3. The van der Waals surface area contributed by atoms with E-state index in [1.165, 1.54) is 35.6 Å². The molecule has 9 nitrogen and oxygen atoms in total. The lowest BCUT2D eigenvalue weighted by Gasteiger charge is -2.24. The van der Waals surface area contributed by atoms with Gasteiger partial charge in [0.15, 0.2) is 0 Å². The molecule has 0 unspecified atom stereocenters. The van der Waals surface area contributed by atoms with Gasteiger partial charge in [-0.05, 0) is 79.1 Å². The largest absolute Gasteiger partial charge is 0.457 e. The van der Waals surface area contributed by atoms with Crippen LogP contribution in [0, 0.1) is 18.2 Å². The number of benzene rings is 3. The summed E-state index contributed by atoms with van der Waals surface area (Å²) in [7, 11) is 0. The normalized spacial score (nSPS) is 15.9. The summed E-state index contributed by atoms with van der Waals surface area (Å²) in [4.78, 5) is 42.1. The van der Waals surface area contributed by atoms with E-state index in [0.717, 1.165) is 16.0 Å². The van der Waals surface area contributed by atoms with Gasteiger partial charge in [-0.2, -0.15) is 0 Å². The minimum absolute atomic E-state index is 0.0358. The first-order valence-electron chi connectivity index (χ1n) is 14.0. The van der Waals surface area contributed by atoms with Crippen LogP contribution in [0.1, 0.15) is 44.3 Å². The molecule has 0 bridgehead atoms. The van der Waals surface area contributed by atoms with E-state index in [9.17, 15) is 18.8 Å². The Morgan fingerprint density at radius 3 is 2.34 bits per heavy atom. The first kappa shape index (κ1) is 30.4. The number of amidine groups is 1. The summed E-state index contributed by atoms with van der Waals surface area (Å²) < 4.78 is 18.8. The molecule has 226 valence electrons. The third-order valence-corrected chi connectivity index (χ3v) is 8.46. The van der Waals surface area contributed by atoms with Crippen LogP contribution in [0.2, 0.25) is 0 Å².